The number of nitrogens with one attached hydrogen (secondary N) is 1. The normalized spacial score (nSPS) is 30.9. The molecule has 1 fully saturated rings. The van der Waals surface area contributed by atoms with E-state index in [1.165, 1.54) is 44.3 Å². The van der Waals surface area contributed by atoms with Gasteiger partial charge in [-0.3, -0.25) is 0 Å². The van der Waals surface area contributed by atoms with Crippen LogP contribution in [0.3, 0.4) is 0 Å². The minimum absolute atomic E-state index is 0.620. The first kappa shape index (κ1) is 13.9. The van der Waals surface area contributed by atoms with Crippen LogP contribution in [0, 0.1) is 5.92 Å². The summed E-state index contributed by atoms with van der Waals surface area (Å²) in [5.41, 5.74) is 4.59. The maximum absolute atomic E-state index is 3.88. The molecule has 2 heteroatoms. The number of fused-ring (bicyclic) bond motifs is 1. The van der Waals surface area contributed by atoms with Gasteiger partial charge in [-0.15, -0.1) is 0 Å². The molecule has 0 spiro atoms. The van der Waals surface area contributed by atoms with E-state index in [-0.39, 0.29) is 0 Å². The Morgan fingerprint density at radius 3 is 2.80 bits per heavy atom. The molecular weight excluding hydrogens is 244 g/mol. The molecule has 0 amide bonds. The lowest BCUT2D eigenvalue weighted by Gasteiger charge is -2.40. The molecule has 0 bridgehead atoms. The van der Waals surface area contributed by atoms with Gasteiger partial charge in [-0.05, 0) is 69.2 Å². The van der Waals surface area contributed by atoms with E-state index in [1.807, 2.05) is 0 Å². The van der Waals surface area contributed by atoms with Crippen LogP contribution >= 0.6 is 0 Å². The van der Waals surface area contributed by atoms with Gasteiger partial charge >= 0.3 is 0 Å². The van der Waals surface area contributed by atoms with Crippen molar-refractivity contribution in [2.45, 2.75) is 58.0 Å². The summed E-state index contributed by atoms with van der Waals surface area (Å²) in [5, 5.41) is 3.88. The molecule has 0 radical (unpaired) electrons. The standard InChI is InChI=1S/C18H28N2/c1-13-12-20(3)14(2)11-18(13)19-17-10-6-8-15-7-4-5-9-16(15)17/h6,8,10,13-14,18-19H,4-5,7,9,11-12H2,1-3H3. The fourth-order valence-corrected chi connectivity index (χ4v) is 3.86. The fourth-order valence-electron chi connectivity index (χ4n) is 3.86. The lowest BCUT2D eigenvalue weighted by Crippen LogP contribution is -2.48. The van der Waals surface area contributed by atoms with Crippen LogP contribution in [0.2, 0.25) is 0 Å². The van der Waals surface area contributed by atoms with Gasteiger partial charge in [0.25, 0.3) is 0 Å². The molecule has 3 unspecified atom stereocenters. The topological polar surface area (TPSA) is 15.3 Å². The highest BCUT2D eigenvalue weighted by atomic mass is 15.2. The van der Waals surface area contributed by atoms with Gasteiger partial charge in [0.05, 0.1) is 0 Å². The SMILES string of the molecule is CC1CN(C)C(C)CC1Nc1cccc2c1CCCC2. The van der Waals surface area contributed by atoms with Gasteiger partial charge < -0.3 is 10.2 Å². The number of hydrogen-bond acceptors (Lipinski definition) is 2. The molecule has 2 nitrogen and oxygen atoms in total. The molecular formula is C18H28N2. The number of rotatable bonds is 2. The molecule has 1 saturated heterocycles. The van der Waals surface area contributed by atoms with E-state index in [0.717, 1.165) is 5.92 Å². The molecule has 0 aromatic heterocycles. The Hall–Kier alpha value is -1.02. The van der Waals surface area contributed by atoms with Crippen LogP contribution in [0.4, 0.5) is 5.69 Å². The van der Waals surface area contributed by atoms with E-state index in [2.05, 4.69) is 49.3 Å². The largest absolute Gasteiger partial charge is 0.382 e. The average molecular weight is 272 g/mol. The summed E-state index contributed by atoms with van der Waals surface area (Å²) in [6.07, 6.45) is 6.49. The molecule has 1 heterocycles. The Morgan fingerprint density at radius 1 is 1.15 bits per heavy atom. The number of benzene rings is 1. The summed E-state index contributed by atoms with van der Waals surface area (Å²) in [6.45, 7) is 5.93. The van der Waals surface area contributed by atoms with E-state index in [4.69, 9.17) is 0 Å². The summed E-state index contributed by atoms with van der Waals surface area (Å²) in [4.78, 5) is 2.49. The van der Waals surface area contributed by atoms with Gasteiger partial charge in [0.1, 0.15) is 0 Å². The van der Waals surface area contributed by atoms with E-state index in [9.17, 15) is 0 Å². The molecule has 0 saturated carbocycles. The smallest absolute Gasteiger partial charge is 0.0377 e. The second kappa shape index (κ2) is 5.77. The van der Waals surface area contributed by atoms with Crippen molar-refractivity contribution in [2.24, 2.45) is 5.92 Å². The lowest BCUT2D eigenvalue weighted by molar-refractivity contribution is 0.145. The van der Waals surface area contributed by atoms with Crippen LogP contribution in [-0.4, -0.2) is 30.6 Å². The van der Waals surface area contributed by atoms with E-state index >= 15 is 0 Å². The first-order chi connectivity index (χ1) is 9.65. The van der Waals surface area contributed by atoms with Crippen molar-refractivity contribution in [3.8, 4) is 0 Å². The highest BCUT2D eigenvalue weighted by Gasteiger charge is 2.29. The number of hydrogen-bond donors (Lipinski definition) is 1. The van der Waals surface area contributed by atoms with E-state index in [1.54, 1.807) is 11.1 Å². The summed E-state index contributed by atoms with van der Waals surface area (Å²) in [7, 11) is 2.25. The number of nitrogens with zero attached hydrogens (tertiary/aromatic N) is 1. The average Bonchev–Trinajstić information content (AvgIpc) is 2.45. The molecule has 1 aromatic rings. The van der Waals surface area contributed by atoms with Gasteiger partial charge in [-0.1, -0.05) is 19.1 Å². The van der Waals surface area contributed by atoms with Crippen LogP contribution in [-0.2, 0) is 12.8 Å². The van der Waals surface area contributed by atoms with Crippen LogP contribution in [0.1, 0.15) is 44.2 Å². The Kier molecular flexibility index (Phi) is 4.02. The molecule has 3 atom stereocenters. The first-order valence-electron chi connectivity index (χ1n) is 8.22. The third-order valence-corrected chi connectivity index (χ3v) is 5.35. The Balaban J connectivity index is 1.77. The Labute approximate surface area is 123 Å². The number of likely N-dealkylation sites (tertiary alicyclic amines) is 1. The molecule has 3 rings (SSSR count). The summed E-state index contributed by atoms with van der Waals surface area (Å²) >= 11 is 0. The van der Waals surface area contributed by atoms with Crippen molar-refractivity contribution in [3.05, 3.63) is 29.3 Å². The van der Waals surface area contributed by atoms with Crippen molar-refractivity contribution >= 4 is 5.69 Å². The van der Waals surface area contributed by atoms with E-state index < -0.39 is 0 Å². The van der Waals surface area contributed by atoms with Gasteiger partial charge in [0, 0.05) is 24.3 Å². The van der Waals surface area contributed by atoms with Crippen molar-refractivity contribution in [3.63, 3.8) is 0 Å². The maximum Gasteiger partial charge on any atom is 0.0377 e. The Morgan fingerprint density at radius 2 is 1.95 bits per heavy atom. The van der Waals surface area contributed by atoms with Gasteiger partial charge in [-0.25, -0.2) is 0 Å². The molecule has 1 aliphatic carbocycles. The molecule has 1 N–H and O–H groups in total. The third kappa shape index (κ3) is 2.71. The van der Waals surface area contributed by atoms with Gasteiger partial charge in [0.2, 0.25) is 0 Å². The van der Waals surface area contributed by atoms with Gasteiger partial charge in [-0.2, -0.15) is 0 Å². The summed E-state index contributed by atoms with van der Waals surface area (Å²) in [5.74, 6) is 0.718. The third-order valence-electron chi connectivity index (χ3n) is 5.35. The van der Waals surface area contributed by atoms with E-state index in [0.29, 0.717) is 12.1 Å². The first-order valence-corrected chi connectivity index (χ1v) is 8.22. The molecule has 1 aromatic carbocycles. The van der Waals surface area contributed by atoms with Crippen molar-refractivity contribution in [1.82, 2.24) is 4.90 Å². The zero-order valence-corrected chi connectivity index (χ0v) is 13.2. The lowest BCUT2D eigenvalue weighted by atomic mass is 9.87. The summed E-state index contributed by atoms with van der Waals surface area (Å²) < 4.78 is 0. The van der Waals surface area contributed by atoms with Crippen LogP contribution < -0.4 is 5.32 Å². The highest BCUT2D eigenvalue weighted by molar-refractivity contribution is 5.56. The zero-order valence-electron chi connectivity index (χ0n) is 13.2. The minimum Gasteiger partial charge on any atom is -0.382 e. The predicted octanol–water partition coefficient (Wildman–Crippen LogP) is 3.71. The molecule has 2 aliphatic rings. The van der Waals surface area contributed by atoms with Gasteiger partial charge in [0.15, 0.2) is 0 Å². The second-order valence-electron chi connectivity index (χ2n) is 6.90. The Bertz CT molecular complexity index is 468. The fraction of sp³-hybridized carbons (Fsp3) is 0.667. The van der Waals surface area contributed by atoms with Crippen molar-refractivity contribution in [1.29, 1.82) is 0 Å². The zero-order chi connectivity index (χ0) is 14.1. The minimum atomic E-state index is 0.620. The van der Waals surface area contributed by atoms with Crippen LogP contribution in [0.15, 0.2) is 18.2 Å². The van der Waals surface area contributed by atoms with Crippen LogP contribution in [0.5, 0.6) is 0 Å². The molecule has 20 heavy (non-hydrogen) atoms. The molecule has 110 valence electrons. The number of aryl methyl sites for hydroxylation is 1. The highest BCUT2D eigenvalue weighted by Crippen LogP contribution is 2.31. The maximum atomic E-state index is 3.88. The quantitative estimate of drug-likeness (QED) is 0.883. The molecule has 1 aliphatic heterocycles. The number of anilines is 1. The van der Waals surface area contributed by atoms with Crippen LogP contribution in [0.25, 0.3) is 0 Å². The van der Waals surface area contributed by atoms with Crippen molar-refractivity contribution in [2.75, 3.05) is 18.9 Å². The number of piperidine rings is 1. The monoisotopic (exact) mass is 272 g/mol. The van der Waals surface area contributed by atoms with Crippen molar-refractivity contribution < 1.29 is 0 Å². The summed E-state index contributed by atoms with van der Waals surface area (Å²) in [6, 6.07) is 8.15. The predicted molar refractivity (Wildman–Crippen MR) is 86.4 cm³/mol. The second-order valence-corrected chi connectivity index (χ2v) is 6.90.